The third-order valence-corrected chi connectivity index (χ3v) is 10.6. The highest BCUT2D eigenvalue weighted by Crippen LogP contribution is 2.45. The summed E-state index contributed by atoms with van der Waals surface area (Å²) in [4.78, 5) is 2.46. The van der Waals surface area contributed by atoms with Crippen molar-refractivity contribution in [3.8, 4) is 0 Å². The maximum atomic E-state index is 2.46. The highest BCUT2D eigenvalue weighted by atomic mass is 15.1. The molecule has 0 atom stereocenters. The molecule has 51 heavy (non-hydrogen) atoms. The third kappa shape index (κ3) is 6.33. The van der Waals surface area contributed by atoms with E-state index >= 15 is 0 Å². The topological polar surface area (TPSA) is 3.24 Å². The van der Waals surface area contributed by atoms with Crippen LogP contribution in [0.1, 0.15) is 54.4 Å². The summed E-state index contributed by atoms with van der Waals surface area (Å²) in [5.74, 6) is 0. The SMILES string of the molecule is Cc1ccc(N(c2ccc(/C=C/c3ccc(C=C4CCCCC4)cc3)cc2)c2c3cc4ccccc4cc3cc3cc4ccccc4cc23)cc1. The van der Waals surface area contributed by atoms with Gasteiger partial charge in [-0.25, -0.2) is 0 Å². The molecule has 1 nitrogen and oxygen atoms in total. The van der Waals surface area contributed by atoms with Crippen LogP contribution >= 0.6 is 0 Å². The molecule has 0 N–H and O–H groups in total. The number of aryl methyl sites for hydroxylation is 1. The first-order valence-electron chi connectivity index (χ1n) is 18.4. The van der Waals surface area contributed by atoms with Gasteiger partial charge in [0.15, 0.2) is 0 Å². The highest BCUT2D eigenvalue weighted by molar-refractivity contribution is 6.19. The Kier molecular flexibility index (Phi) is 8.18. The molecule has 1 aliphatic rings. The molecule has 9 rings (SSSR count). The minimum Gasteiger partial charge on any atom is -0.309 e. The molecule has 0 unspecified atom stereocenters. The Morgan fingerprint density at radius 2 is 0.863 bits per heavy atom. The van der Waals surface area contributed by atoms with Crippen LogP contribution < -0.4 is 4.90 Å². The third-order valence-electron chi connectivity index (χ3n) is 10.6. The first-order valence-corrected chi connectivity index (χ1v) is 18.4. The minimum absolute atomic E-state index is 1.13. The Labute approximate surface area is 300 Å². The van der Waals surface area contributed by atoms with Crippen LogP contribution in [0.5, 0.6) is 0 Å². The van der Waals surface area contributed by atoms with Crippen molar-refractivity contribution >= 4 is 78.4 Å². The van der Waals surface area contributed by atoms with Crippen molar-refractivity contribution in [2.75, 3.05) is 4.90 Å². The largest absolute Gasteiger partial charge is 0.309 e. The number of nitrogens with zero attached hydrogens (tertiary/aromatic N) is 1. The summed E-state index contributed by atoms with van der Waals surface area (Å²) < 4.78 is 0. The van der Waals surface area contributed by atoms with Gasteiger partial charge in [-0.1, -0.05) is 133 Å². The number of rotatable bonds is 6. The zero-order valence-electron chi connectivity index (χ0n) is 29.1. The number of allylic oxidation sites excluding steroid dienone is 1. The van der Waals surface area contributed by atoms with E-state index in [1.807, 2.05) is 0 Å². The smallest absolute Gasteiger partial charge is 0.0618 e. The predicted molar refractivity (Wildman–Crippen MR) is 222 cm³/mol. The summed E-state index contributed by atoms with van der Waals surface area (Å²) >= 11 is 0. The number of benzene rings is 8. The molecular weight excluding hydrogens is 615 g/mol. The van der Waals surface area contributed by atoms with Crippen LogP contribution in [-0.4, -0.2) is 0 Å². The van der Waals surface area contributed by atoms with Crippen molar-refractivity contribution in [3.63, 3.8) is 0 Å². The lowest BCUT2D eigenvalue weighted by atomic mass is 9.93. The van der Waals surface area contributed by atoms with Gasteiger partial charge in [0.2, 0.25) is 0 Å². The van der Waals surface area contributed by atoms with Crippen LogP contribution in [0.2, 0.25) is 0 Å². The second-order valence-corrected chi connectivity index (χ2v) is 14.2. The molecule has 1 heteroatoms. The van der Waals surface area contributed by atoms with E-state index in [4.69, 9.17) is 0 Å². The maximum Gasteiger partial charge on any atom is 0.0618 e. The molecule has 0 radical (unpaired) electrons. The zero-order valence-corrected chi connectivity index (χ0v) is 29.1. The van der Waals surface area contributed by atoms with Crippen LogP contribution in [0.25, 0.3) is 61.3 Å². The monoisotopic (exact) mass is 655 g/mol. The lowest BCUT2D eigenvalue weighted by Gasteiger charge is -2.29. The van der Waals surface area contributed by atoms with Gasteiger partial charge < -0.3 is 4.90 Å². The highest BCUT2D eigenvalue weighted by Gasteiger charge is 2.20. The lowest BCUT2D eigenvalue weighted by Crippen LogP contribution is -2.11. The summed E-state index contributed by atoms with van der Waals surface area (Å²) in [5.41, 5.74) is 10.0. The van der Waals surface area contributed by atoms with E-state index in [-0.39, 0.29) is 0 Å². The van der Waals surface area contributed by atoms with Crippen molar-refractivity contribution in [1.82, 2.24) is 0 Å². The number of anilines is 3. The fourth-order valence-corrected chi connectivity index (χ4v) is 7.84. The van der Waals surface area contributed by atoms with Gasteiger partial charge in [-0.2, -0.15) is 0 Å². The van der Waals surface area contributed by atoms with Crippen molar-refractivity contribution in [2.24, 2.45) is 0 Å². The molecule has 0 saturated heterocycles. The Morgan fingerprint density at radius 1 is 0.431 bits per heavy atom. The second-order valence-electron chi connectivity index (χ2n) is 14.2. The van der Waals surface area contributed by atoms with E-state index in [0.717, 1.165) is 11.4 Å². The molecule has 1 aliphatic carbocycles. The van der Waals surface area contributed by atoms with Crippen LogP contribution in [0, 0.1) is 6.92 Å². The lowest BCUT2D eigenvalue weighted by molar-refractivity contribution is 0.602. The van der Waals surface area contributed by atoms with Crippen LogP contribution in [0.15, 0.2) is 157 Å². The summed E-state index contributed by atoms with van der Waals surface area (Å²) in [6.45, 7) is 2.16. The van der Waals surface area contributed by atoms with Gasteiger partial charge >= 0.3 is 0 Å². The van der Waals surface area contributed by atoms with Crippen molar-refractivity contribution in [2.45, 2.75) is 39.0 Å². The molecule has 0 aromatic heterocycles. The molecule has 0 aliphatic heterocycles. The van der Waals surface area contributed by atoms with Gasteiger partial charge in [0.1, 0.15) is 0 Å². The average Bonchev–Trinajstić information content (AvgIpc) is 3.17. The summed E-state index contributed by atoms with van der Waals surface area (Å²) in [5, 5.41) is 9.96. The van der Waals surface area contributed by atoms with Crippen molar-refractivity contribution < 1.29 is 0 Å². The average molecular weight is 656 g/mol. The molecule has 246 valence electrons. The van der Waals surface area contributed by atoms with E-state index in [1.54, 1.807) is 5.57 Å². The fourth-order valence-electron chi connectivity index (χ4n) is 7.84. The van der Waals surface area contributed by atoms with Gasteiger partial charge in [-0.05, 0) is 136 Å². The molecule has 1 fully saturated rings. The molecule has 0 amide bonds. The number of hydrogen-bond donors (Lipinski definition) is 0. The first kappa shape index (κ1) is 31.1. The number of hydrogen-bond acceptors (Lipinski definition) is 1. The van der Waals surface area contributed by atoms with Gasteiger partial charge in [-0.3, -0.25) is 0 Å². The van der Waals surface area contributed by atoms with E-state index in [1.165, 1.54) is 103 Å². The summed E-state index contributed by atoms with van der Waals surface area (Å²) in [7, 11) is 0. The Bertz CT molecular complexity index is 2480. The first-order chi connectivity index (χ1) is 25.1. The fraction of sp³-hybridized carbons (Fsp3) is 0.120. The standard InChI is InChI=1S/C50H41N/c1-35-15-25-46(26-16-35)51(47-27-23-37(24-28-47)18-17-36-19-21-39(22-20-36)29-38-9-3-2-4-10-38)50-48-33-42-13-7-5-11-40(42)30-44(48)32-45-31-41-12-6-8-14-43(41)34-49(45)50/h5-8,11-34H,2-4,9-10H2,1H3/b18-17+. The van der Waals surface area contributed by atoms with Crippen LogP contribution in [0.3, 0.4) is 0 Å². The van der Waals surface area contributed by atoms with Gasteiger partial charge in [0.25, 0.3) is 0 Å². The second kappa shape index (κ2) is 13.4. The summed E-state index contributed by atoms with van der Waals surface area (Å²) in [6, 6.07) is 56.2. The maximum absolute atomic E-state index is 2.46. The predicted octanol–water partition coefficient (Wildman–Crippen LogP) is 14.6. The Hall–Kier alpha value is -5.92. The van der Waals surface area contributed by atoms with E-state index in [9.17, 15) is 0 Å². The molecular formula is C50H41N. The normalized spacial score (nSPS) is 13.5. The van der Waals surface area contributed by atoms with E-state index in [0.29, 0.717) is 0 Å². The molecule has 0 bridgehead atoms. The van der Waals surface area contributed by atoms with Gasteiger partial charge in [-0.15, -0.1) is 0 Å². The summed E-state index contributed by atoms with van der Waals surface area (Å²) in [6.07, 6.45) is 13.4. The zero-order chi connectivity index (χ0) is 34.1. The minimum atomic E-state index is 1.13. The quantitative estimate of drug-likeness (QED) is 0.127. The van der Waals surface area contributed by atoms with E-state index < -0.39 is 0 Å². The Balaban J connectivity index is 1.15. The molecule has 0 heterocycles. The van der Waals surface area contributed by atoms with Gasteiger partial charge in [0, 0.05) is 22.1 Å². The molecule has 0 spiro atoms. The Morgan fingerprint density at radius 3 is 1.39 bits per heavy atom. The van der Waals surface area contributed by atoms with Crippen molar-refractivity contribution in [3.05, 3.63) is 179 Å². The van der Waals surface area contributed by atoms with E-state index in [2.05, 4.69) is 182 Å². The van der Waals surface area contributed by atoms with Crippen LogP contribution in [0.4, 0.5) is 17.1 Å². The number of fused-ring (bicyclic) bond motifs is 4. The van der Waals surface area contributed by atoms with Crippen LogP contribution in [-0.2, 0) is 0 Å². The van der Waals surface area contributed by atoms with Gasteiger partial charge in [0.05, 0.1) is 5.69 Å². The van der Waals surface area contributed by atoms with Crippen molar-refractivity contribution in [1.29, 1.82) is 0 Å². The molecule has 1 saturated carbocycles. The molecule has 8 aromatic rings. The molecule has 8 aromatic carbocycles.